The smallest absolute Gasteiger partial charge is 0.253 e. The van der Waals surface area contributed by atoms with E-state index in [1.807, 2.05) is 30.3 Å². The highest BCUT2D eigenvalue weighted by atomic mass is 16.2. The second kappa shape index (κ2) is 9.68. The predicted molar refractivity (Wildman–Crippen MR) is 112 cm³/mol. The lowest BCUT2D eigenvalue weighted by Gasteiger charge is -2.17. The number of benzene rings is 2. The fourth-order valence-electron chi connectivity index (χ4n) is 3.36. The van der Waals surface area contributed by atoms with Crippen LogP contribution in [-0.2, 0) is 16.0 Å². The maximum atomic E-state index is 12.7. The van der Waals surface area contributed by atoms with E-state index in [9.17, 15) is 14.4 Å². The van der Waals surface area contributed by atoms with Crippen LogP contribution in [-0.4, -0.2) is 42.3 Å². The maximum Gasteiger partial charge on any atom is 0.253 e. The molecule has 3 rings (SSSR count). The van der Waals surface area contributed by atoms with Crippen LogP contribution in [0.15, 0.2) is 67.3 Å². The van der Waals surface area contributed by atoms with E-state index in [-0.39, 0.29) is 24.1 Å². The van der Waals surface area contributed by atoms with Gasteiger partial charge >= 0.3 is 0 Å². The Morgan fingerprint density at radius 3 is 2.59 bits per heavy atom. The minimum atomic E-state index is -0.428. The summed E-state index contributed by atoms with van der Waals surface area (Å²) in [6.07, 6.45) is 2.53. The zero-order chi connectivity index (χ0) is 20.6. The Hall–Kier alpha value is -3.41. The number of carbonyl (C=O) groups is 3. The molecule has 2 aromatic carbocycles. The average Bonchev–Trinajstić information content (AvgIpc) is 3.12. The number of likely N-dealkylation sites (tertiary alicyclic amines) is 1. The summed E-state index contributed by atoms with van der Waals surface area (Å²) in [6, 6.07) is 16.8. The van der Waals surface area contributed by atoms with Gasteiger partial charge in [0.2, 0.25) is 11.8 Å². The number of rotatable bonds is 8. The molecule has 0 spiro atoms. The predicted octanol–water partition coefficient (Wildman–Crippen LogP) is 2.63. The SMILES string of the molecule is C=CCNC(=O)c1ccccc1NC(=O)C1CC(=O)N(CCc2ccccc2)C1. The van der Waals surface area contributed by atoms with Crippen LogP contribution < -0.4 is 10.6 Å². The van der Waals surface area contributed by atoms with Gasteiger partial charge in [0, 0.05) is 26.1 Å². The summed E-state index contributed by atoms with van der Waals surface area (Å²) in [5.74, 6) is -0.974. The van der Waals surface area contributed by atoms with Gasteiger partial charge < -0.3 is 15.5 Å². The molecule has 3 amide bonds. The third kappa shape index (κ3) is 5.31. The summed E-state index contributed by atoms with van der Waals surface area (Å²) >= 11 is 0. The van der Waals surface area contributed by atoms with Gasteiger partial charge in [-0.1, -0.05) is 48.5 Å². The molecule has 2 aromatic rings. The summed E-state index contributed by atoms with van der Waals surface area (Å²) in [5.41, 5.74) is 1.98. The van der Waals surface area contributed by atoms with Crippen molar-refractivity contribution in [2.45, 2.75) is 12.8 Å². The second-order valence-electron chi connectivity index (χ2n) is 7.01. The molecule has 29 heavy (non-hydrogen) atoms. The number of para-hydroxylation sites is 1. The van der Waals surface area contributed by atoms with Crippen molar-refractivity contribution in [2.24, 2.45) is 5.92 Å². The molecule has 6 nitrogen and oxygen atoms in total. The molecule has 0 bridgehead atoms. The summed E-state index contributed by atoms with van der Waals surface area (Å²) in [6.45, 7) is 4.90. The van der Waals surface area contributed by atoms with Crippen molar-refractivity contribution in [3.8, 4) is 0 Å². The van der Waals surface area contributed by atoms with Crippen molar-refractivity contribution in [3.63, 3.8) is 0 Å². The van der Waals surface area contributed by atoms with Crippen LogP contribution in [0.2, 0.25) is 0 Å². The van der Waals surface area contributed by atoms with Crippen LogP contribution in [0, 0.1) is 5.92 Å². The topological polar surface area (TPSA) is 78.5 Å². The van der Waals surface area contributed by atoms with Gasteiger partial charge in [0.05, 0.1) is 17.2 Å². The molecule has 1 aliphatic heterocycles. The Balaban J connectivity index is 1.59. The lowest BCUT2D eigenvalue weighted by molar-refractivity contribution is -0.128. The molecular weight excluding hydrogens is 366 g/mol. The first-order chi connectivity index (χ1) is 14.1. The molecule has 1 heterocycles. The van der Waals surface area contributed by atoms with E-state index in [2.05, 4.69) is 17.2 Å². The summed E-state index contributed by atoms with van der Waals surface area (Å²) in [4.78, 5) is 39.1. The molecule has 0 saturated carbocycles. The fourth-order valence-corrected chi connectivity index (χ4v) is 3.36. The third-order valence-electron chi connectivity index (χ3n) is 4.94. The molecule has 1 fully saturated rings. The van der Waals surface area contributed by atoms with E-state index < -0.39 is 5.92 Å². The Bertz CT molecular complexity index is 895. The highest BCUT2D eigenvalue weighted by Crippen LogP contribution is 2.22. The number of hydrogen-bond donors (Lipinski definition) is 2. The largest absolute Gasteiger partial charge is 0.349 e. The van der Waals surface area contributed by atoms with Gasteiger partial charge in [-0.3, -0.25) is 14.4 Å². The van der Waals surface area contributed by atoms with Crippen molar-refractivity contribution in [1.82, 2.24) is 10.2 Å². The Kier molecular flexibility index (Phi) is 6.79. The number of carbonyl (C=O) groups excluding carboxylic acids is 3. The zero-order valence-corrected chi connectivity index (χ0v) is 16.3. The van der Waals surface area contributed by atoms with E-state index in [1.54, 1.807) is 35.2 Å². The zero-order valence-electron chi connectivity index (χ0n) is 16.3. The van der Waals surface area contributed by atoms with Crippen LogP contribution in [0.4, 0.5) is 5.69 Å². The van der Waals surface area contributed by atoms with E-state index in [4.69, 9.17) is 0 Å². The number of anilines is 1. The van der Waals surface area contributed by atoms with Gasteiger partial charge in [-0.15, -0.1) is 6.58 Å². The molecule has 150 valence electrons. The monoisotopic (exact) mass is 391 g/mol. The minimum absolute atomic E-state index is 0.0157. The lowest BCUT2D eigenvalue weighted by Crippen LogP contribution is -2.30. The molecule has 1 aliphatic rings. The second-order valence-corrected chi connectivity index (χ2v) is 7.01. The molecular formula is C23H25N3O3. The van der Waals surface area contributed by atoms with Crippen LogP contribution >= 0.6 is 0 Å². The highest BCUT2D eigenvalue weighted by Gasteiger charge is 2.34. The van der Waals surface area contributed by atoms with E-state index in [0.29, 0.717) is 30.9 Å². The lowest BCUT2D eigenvalue weighted by atomic mass is 10.1. The fraction of sp³-hybridized carbons (Fsp3) is 0.261. The van der Waals surface area contributed by atoms with Crippen LogP contribution in [0.3, 0.4) is 0 Å². The maximum absolute atomic E-state index is 12.7. The van der Waals surface area contributed by atoms with Gasteiger partial charge in [0.25, 0.3) is 5.91 Å². The molecule has 0 aliphatic carbocycles. The Morgan fingerprint density at radius 2 is 1.83 bits per heavy atom. The standard InChI is InChI=1S/C23H25N3O3/c1-2-13-24-23(29)19-10-6-7-11-20(19)25-22(28)18-15-21(27)26(16-18)14-12-17-8-4-3-5-9-17/h2-11,18H,1,12-16H2,(H,24,29)(H,25,28). The molecule has 1 saturated heterocycles. The van der Waals surface area contributed by atoms with Crippen LogP contribution in [0.25, 0.3) is 0 Å². The number of hydrogen-bond acceptors (Lipinski definition) is 3. The van der Waals surface area contributed by atoms with Crippen molar-refractivity contribution in [2.75, 3.05) is 25.0 Å². The molecule has 0 aromatic heterocycles. The van der Waals surface area contributed by atoms with E-state index in [1.165, 1.54) is 0 Å². The summed E-state index contributed by atoms with van der Waals surface area (Å²) in [7, 11) is 0. The van der Waals surface area contributed by atoms with Crippen molar-refractivity contribution in [3.05, 3.63) is 78.4 Å². The van der Waals surface area contributed by atoms with Gasteiger partial charge in [0.1, 0.15) is 0 Å². The molecule has 1 atom stereocenters. The molecule has 6 heteroatoms. The Morgan fingerprint density at radius 1 is 1.10 bits per heavy atom. The van der Waals surface area contributed by atoms with Crippen molar-refractivity contribution >= 4 is 23.4 Å². The summed E-state index contributed by atoms with van der Waals surface area (Å²) < 4.78 is 0. The number of nitrogens with one attached hydrogen (secondary N) is 2. The first kappa shape index (κ1) is 20.3. The van der Waals surface area contributed by atoms with Crippen molar-refractivity contribution < 1.29 is 14.4 Å². The van der Waals surface area contributed by atoms with Gasteiger partial charge in [-0.2, -0.15) is 0 Å². The Labute approximate surface area is 170 Å². The van der Waals surface area contributed by atoms with Crippen molar-refractivity contribution in [1.29, 1.82) is 0 Å². The molecule has 0 radical (unpaired) electrons. The van der Waals surface area contributed by atoms with Gasteiger partial charge in [0.15, 0.2) is 0 Å². The molecule has 1 unspecified atom stereocenters. The quantitative estimate of drug-likeness (QED) is 0.679. The minimum Gasteiger partial charge on any atom is -0.349 e. The van der Waals surface area contributed by atoms with Gasteiger partial charge in [-0.25, -0.2) is 0 Å². The number of nitrogens with zero attached hydrogens (tertiary/aromatic N) is 1. The van der Waals surface area contributed by atoms with E-state index in [0.717, 1.165) is 12.0 Å². The normalized spacial score (nSPS) is 15.8. The van der Waals surface area contributed by atoms with Crippen LogP contribution in [0.1, 0.15) is 22.3 Å². The molecule has 2 N–H and O–H groups in total. The van der Waals surface area contributed by atoms with Crippen LogP contribution in [0.5, 0.6) is 0 Å². The average molecular weight is 391 g/mol. The highest BCUT2D eigenvalue weighted by molar-refractivity contribution is 6.05. The number of amides is 3. The first-order valence-corrected chi connectivity index (χ1v) is 9.69. The van der Waals surface area contributed by atoms with E-state index >= 15 is 0 Å². The third-order valence-corrected chi connectivity index (χ3v) is 4.94. The summed E-state index contributed by atoms with van der Waals surface area (Å²) in [5, 5.41) is 5.53. The van der Waals surface area contributed by atoms with Gasteiger partial charge in [-0.05, 0) is 24.1 Å². The first-order valence-electron chi connectivity index (χ1n) is 9.69.